The third kappa shape index (κ3) is 3.51. The van der Waals surface area contributed by atoms with Crippen LogP contribution < -0.4 is 4.74 Å². The Morgan fingerprint density at radius 1 is 1.47 bits per heavy atom. The molecule has 0 fully saturated rings. The molecular weight excluding hydrogens is 264 g/mol. The highest BCUT2D eigenvalue weighted by Gasteiger charge is 2.11. The van der Waals surface area contributed by atoms with Crippen molar-refractivity contribution >= 4 is 17.3 Å². The summed E-state index contributed by atoms with van der Waals surface area (Å²) in [6, 6.07) is 3.73. The van der Waals surface area contributed by atoms with Gasteiger partial charge in [-0.25, -0.2) is 9.97 Å². The van der Waals surface area contributed by atoms with Crippen LogP contribution in [0.4, 0.5) is 0 Å². The Morgan fingerprint density at radius 2 is 2.26 bits per heavy atom. The van der Waals surface area contributed by atoms with E-state index >= 15 is 0 Å². The molecule has 2 heterocycles. The van der Waals surface area contributed by atoms with Crippen molar-refractivity contribution in [2.45, 2.75) is 19.8 Å². The number of pyridine rings is 1. The van der Waals surface area contributed by atoms with Gasteiger partial charge in [-0.15, -0.1) is 11.3 Å². The molecule has 100 valence electrons. The van der Waals surface area contributed by atoms with Crippen LogP contribution in [-0.2, 0) is 17.6 Å². The first-order chi connectivity index (χ1) is 9.08. The Hall–Kier alpha value is -1.95. The molecule has 0 aliphatic heterocycles. The highest BCUT2D eigenvalue weighted by atomic mass is 32.1. The minimum Gasteiger partial charge on any atom is -0.481 e. The fourth-order valence-corrected chi connectivity index (χ4v) is 2.77. The first-order valence-corrected chi connectivity index (χ1v) is 6.56. The molecule has 0 amide bonds. The highest BCUT2D eigenvalue weighted by Crippen LogP contribution is 2.21. The highest BCUT2D eigenvalue weighted by molar-refractivity contribution is 7.11. The first-order valence-electron chi connectivity index (χ1n) is 5.74. The Morgan fingerprint density at radius 3 is 2.84 bits per heavy atom. The molecule has 0 saturated carbocycles. The Bertz CT molecular complexity index is 578. The Kier molecular flexibility index (Phi) is 4.11. The summed E-state index contributed by atoms with van der Waals surface area (Å²) in [5, 5.41) is 9.71. The molecule has 5 nitrogen and oxygen atoms in total. The summed E-state index contributed by atoms with van der Waals surface area (Å²) in [4.78, 5) is 20.1. The maximum absolute atomic E-state index is 10.7. The molecule has 2 rings (SSSR count). The second-order valence-electron chi connectivity index (χ2n) is 4.07. The number of aromatic nitrogens is 2. The number of carbonyl (C=O) groups is 1. The lowest BCUT2D eigenvalue weighted by molar-refractivity contribution is -0.136. The Labute approximate surface area is 114 Å². The van der Waals surface area contributed by atoms with Gasteiger partial charge in [-0.3, -0.25) is 4.79 Å². The predicted molar refractivity (Wildman–Crippen MR) is 71.8 cm³/mol. The lowest BCUT2D eigenvalue weighted by Crippen LogP contribution is -1.99. The first kappa shape index (κ1) is 13.5. The number of carboxylic acids is 1. The van der Waals surface area contributed by atoms with E-state index in [1.807, 2.05) is 13.0 Å². The van der Waals surface area contributed by atoms with Crippen LogP contribution in [0, 0.1) is 6.92 Å². The van der Waals surface area contributed by atoms with Crippen LogP contribution in [0.1, 0.15) is 21.1 Å². The number of nitrogens with zero attached hydrogens (tertiary/aromatic N) is 2. The van der Waals surface area contributed by atoms with Crippen LogP contribution in [0.2, 0.25) is 0 Å². The van der Waals surface area contributed by atoms with E-state index in [2.05, 4.69) is 9.97 Å². The average molecular weight is 278 g/mol. The molecule has 0 bridgehead atoms. The maximum atomic E-state index is 10.7. The summed E-state index contributed by atoms with van der Waals surface area (Å²) >= 11 is 1.44. The molecule has 0 radical (unpaired) electrons. The van der Waals surface area contributed by atoms with Gasteiger partial charge in [-0.1, -0.05) is 6.07 Å². The van der Waals surface area contributed by atoms with Gasteiger partial charge in [-0.05, 0) is 12.5 Å². The van der Waals surface area contributed by atoms with Crippen LogP contribution in [0.25, 0.3) is 0 Å². The van der Waals surface area contributed by atoms with Gasteiger partial charge in [0, 0.05) is 23.6 Å². The molecule has 2 aromatic heterocycles. The van der Waals surface area contributed by atoms with E-state index in [9.17, 15) is 4.79 Å². The zero-order valence-electron chi connectivity index (χ0n) is 10.7. The van der Waals surface area contributed by atoms with Crippen molar-refractivity contribution in [3.63, 3.8) is 0 Å². The minimum absolute atomic E-state index is 0.0321. The van der Waals surface area contributed by atoms with Crippen LogP contribution in [0.5, 0.6) is 5.88 Å². The summed E-state index contributed by atoms with van der Waals surface area (Å²) in [6.45, 7) is 1.84. The molecule has 0 saturated heterocycles. The molecule has 19 heavy (non-hydrogen) atoms. The van der Waals surface area contributed by atoms with Gasteiger partial charge in [0.05, 0.1) is 24.2 Å². The molecule has 0 aliphatic carbocycles. The van der Waals surface area contributed by atoms with E-state index in [0.29, 0.717) is 12.3 Å². The van der Waals surface area contributed by atoms with Crippen LogP contribution >= 0.6 is 11.3 Å². The van der Waals surface area contributed by atoms with Gasteiger partial charge < -0.3 is 9.84 Å². The summed E-state index contributed by atoms with van der Waals surface area (Å²) in [5.41, 5.74) is 1.82. The predicted octanol–water partition coefficient (Wildman–Crippen LogP) is 2.07. The minimum atomic E-state index is -0.829. The van der Waals surface area contributed by atoms with Crippen molar-refractivity contribution in [2.24, 2.45) is 0 Å². The van der Waals surface area contributed by atoms with E-state index < -0.39 is 5.97 Å². The zero-order valence-corrected chi connectivity index (χ0v) is 11.5. The van der Waals surface area contributed by atoms with E-state index in [1.165, 1.54) is 11.3 Å². The number of carboxylic acid groups (broad SMARTS) is 1. The van der Waals surface area contributed by atoms with Crippen molar-refractivity contribution in [1.82, 2.24) is 9.97 Å². The molecular formula is C13H14N2O3S. The zero-order chi connectivity index (χ0) is 13.8. The van der Waals surface area contributed by atoms with Crippen molar-refractivity contribution < 1.29 is 14.6 Å². The molecule has 2 aromatic rings. The molecule has 1 N–H and O–H groups in total. The van der Waals surface area contributed by atoms with Gasteiger partial charge in [0.1, 0.15) is 0 Å². The van der Waals surface area contributed by atoms with Gasteiger partial charge >= 0.3 is 5.97 Å². The van der Waals surface area contributed by atoms with Crippen molar-refractivity contribution in [2.75, 3.05) is 7.11 Å². The van der Waals surface area contributed by atoms with Gasteiger partial charge in [0.25, 0.3) is 0 Å². The molecule has 0 atom stereocenters. The third-order valence-corrected chi connectivity index (χ3v) is 3.77. The standard InChI is InChI=1S/C13H14N2O3S/c1-8-10(6-13(16)17)19-12(15-8)5-9-3-4-11(18-2)14-7-9/h3-4,7H,5-6H2,1-2H3,(H,16,17). The number of methoxy groups -OCH3 is 1. The number of aryl methyl sites for hydroxylation is 1. The molecule has 6 heteroatoms. The number of hydrogen-bond donors (Lipinski definition) is 1. The topological polar surface area (TPSA) is 72.3 Å². The second kappa shape index (κ2) is 5.79. The average Bonchev–Trinajstić information content (AvgIpc) is 2.70. The number of thiazole rings is 1. The van der Waals surface area contributed by atoms with Crippen LogP contribution in [0.3, 0.4) is 0 Å². The summed E-state index contributed by atoms with van der Waals surface area (Å²) in [6.07, 6.45) is 2.43. The van der Waals surface area contributed by atoms with Crippen molar-refractivity contribution in [3.8, 4) is 5.88 Å². The molecule has 0 aliphatic rings. The van der Waals surface area contributed by atoms with E-state index in [1.54, 1.807) is 19.4 Å². The van der Waals surface area contributed by atoms with Gasteiger partial charge in [0.2, 0.25) is 5.88 Å². The number of rotatable bonds is 5. The van der Waals surface area contributed by atoms with E-state index in [4.69, 9.17) is 9.84 Å². The normalized spacial score (nSPS) is 10.4. The van der Waals surface area contributed by atoms with Crippen LogP contribution in [-0.4, -0.2) is 28.2 Å². The number of ether oxygens (including phenoxy) is 1. The van der Waals surface area contributed by atoms with Gasteiger partial charge in [0.15, 0.2) is 0 Å². The lowest BCUT2D eigenvalue weighted by Gasteiger charge is -2.00. The van der Waals surface area contributed by atoms with Crippen LogP contribution in [0.15, 0.2) is 18.3 Å². The largest absolute Gasteiger partial charge is 0.481 e. The van der Waals surface area contributed by atoms with E-state index in [-0.39, 0.29) is 6.42 Å². The Balaban J connectivity index is 2.12. The number of hydrogen-bond acceptors (Lipinski definition) is 5. The quantitative estimate of drug-likeness (QED) is 0.906. The van der Waals surface area contributed by atoms with Gasteiger partial charge in [-0.2, -0.15) is 0 Å². The maximum Gasteiger partial charge on any atom is 0.308 e. The summed E-state index contributed by atoms with van der Waals surface area (Å²) in [5.74, 6) is -0.255. The molecule has 0 unspecified atom stereocenters. The molecule has 0 aromatic carbocycles. The second-order valence-corrected chi connectivity index (χ2v) is 5.24. The van der Waals surface area contributed by atoms with Crippen molar-refractivity contribution in [1.29, 1.82) is 0 Å². The number of aliphatic carboxylic acids is 1. The lowest BCUT2D eigenvalue weighted by atomic mass is 10.2. The fourth-order valence-electron chi connectivity index (χ4n) is 1.68. The smallest absolute Gasteiger partial charge is 0.308 e. The molecule has 0 spiro atoms. The summed E-state index contributed by atoms with van der Waals surface area (Å²) < 4.78 is 5.00. The third-order valence-electron chi connectivity index (χ3n) is 2.61. The van der Waals surface area contributed by atoms with Crippen molar-refractivity contribution in [3.05, 3.63) is 39.5 Å². The monoisotopic (exact) mass is 278 g/mol. The van der Waals surface area contributed by atoms with E-state index in [0.717, 1.165) is 21.1 Å². The summed E-state index contributed by atoms with van der Waals surface area (Å²) in [7, 11) is 1.57. The fraction of sp³-hybridized carbons (Fsp3) is 0.308. The SMILES string of the molecule is COc1ccc(Cc2nc(C)c(CC(=O)O)s2)cn1.